The first-order valence-electron chi connectivity index (χ1n) is 12.3. The molecule has 0 aliphatic rings. The molecule has 13 nitrogen and oxygen atoms in total. The molecule has 0 aromatic carbocycles. The first-order valence-corrected chi connectivity index (χ1v) is 12.3. The van der Waals surface area contributed by atoms with E-state index in [0.717, 1.165) is 51.7 Å². The summed E-state index contributed by atoms with van der Waals surface area (Å²) in [7, 11) is 4.76. The predicted molar refractivity (Wildman–Crippen MR) is 164 cm³/mol. The van der Waals surface area contributed by atoms with Crippen LogP contribution in [0, 0.1) is 0 Å². The minimum atomic E-state index is -0.634. The van der Waals surface area contributed by atoms with Gasteiger partial charge in [0.2, 0.25) is 17.7 Å². The molecule has 0 bridgehead atoms. The van der Waals surface area contributed by atoms with Crippen LogP contribution in [0.15, 0.2) is 0 Å². The van der Waals surface area contributed by atoms with Gasteiger partial charge >= 0.3 is 0 Å². The van der Waals surface area contributed by atoms with Gasteiger partial charge in [0.05, 0.1) is 12.1 Å². The van der Waals surface area contributed by atoms with E-state index < -0.39 is 12.1 Å². The largest absolute Gasteiger partial charge is 0.667 e. The van der Waals surface area contributed by atoms with Gasteiger partial charge in [-0.25, -0.2) is 0 Å². The minimum Gasteiger partial charge on any atom is -0.667 e. The fraction of sp³-hybridized carbons (Fsp3) is 0.880. The molecule has 14 N–H and O–H groups in total. The van der Waals surface area contributed by atoms with Gasteiger partial charge in [-0.05, 0) is 77.8 Å². The second-order valence-corrected chi connectivity index (χ2v) is 7.79. The zero-order chi connectivity index (χ0) is 27.5. The molecule has 14 heteroatoms. The summed E-state index contributed by atoms with van der Waals surface area (Å²) >= 11 is 0. The van der Waals surface area contributed by atoms with Gasteiger partial charge in [0.15, 0.2) is 0 Å². The second-order valence-electron chi connectivity index (χ2n) is 7.79. The van der Waals surface area contributed by atoms with Crippen molar-refractivity contribution in [3.63, 3.8) is 0 Å². The standard InChI is InChI=1S/C12H29N5O.C6H15N3O.C4H9N2O.3CH4.Y/c1-15-12(18)11(17-10-4-7-14)5-2-8-16-9-3-6-13;1-9-6(10)5(8)3-2-4-7;1-3(5)4(7)6-2;;;;/h11,16-17H,2-10,13-14H2,1H3,(H,15,18);5H,2-4,7-8H2,1H3,(H,9,10);3,5H,1-2H3,(H,6,7);3*1H4;/q;;-1;;;;. The molecule has 0 aliphatic heterocycles. The van der Waals surface area contributed by atoms with Gasteiger partial charge < -0.3 is 55.3 Å². The van der Waals surface area contributed by atoms with Crippen molar-refractivity contribution in [1.82, 2.24) is 26.6 Å². The number of nitrogens with two attached hydrogens (primary N) is 4. The molecular weight excluding hydrogens is 577 g/mol. The summed E-state index contributed by atoms with van der Waals surface area (Å²) in [6, 6.07) is -1.14. The molecule has 0 heterocycles. The maximum atomic E-state index is 11.6. The van der Waals surface area contributed by atoms with Crippen LogP contribution in [0.5, 0.6) is 0 Å². The molecular formula is C25H65N10O3Y-. The van der Waals surface area contributed by atoms with Gasteiger partial charge in [0.1, 0.15) is 0 Å². The number of hydrogen-bond donors (Lipinski definition) is 9. The zero-order valence-electron chi connectivity index (χ0n) is 22.8. The van der Waals surface area contributed by atoms with Crippen LogP contribution in [0.2, 0.25) is 0 Å². The molecule has 3 amide bonds. The Kier molecular flexibility index (Phi) is 58.1. The fourth-order valence-electron chi connectivity index (χ4n) is 2.53. The van der Waals surface area contributed by atoms with Gasteiger partial charge in [-0.3, -0.25) is 14.4 Å². The van der Waals surface area contributed by atoms with Crippen molar-refractivity contribution in [3.05, 3.63) is 5.73 Å². The Morgan fingerprint density at radius 1 is 0.692 bits per heavy atom. The first kappa shape index (κ1) is 54.3. The second kappa shape index (κ2) is 41.7. The SMILES string of the molecule is C.C.C.CNC(=O)C(C)[NH-].CNC(=O)C(CCCNCCCN)NCCCN.CNC(=O)C(N)CCCN.[Y]. The minimum absolute atomic E-state index is 0. The summed E-state index contributed by atoms with van der Waals surface area (Å²) in [6.07, 6.45) is 5.15. The Morgan fingerprint density at radius 3 is 1.51 bits per heavy atom. The topological polar surface area (TPSA) is 239 Å². The number of carbonyl (C=O) groups excluding carboxylic acids is 3. The number of rotatable bonds is 17. The van der Waals surface area contributed by atoms with Gasteiger partial charge in [0.25, 0.3) is 0 Å². The van der Waals surface area contributed by atoms with Crippen molar-refractivity contribution in [2.24, 2.45) is 22.9 Å². The van der Waals surface area contributed by atoms with E-state index in [-0.39, 0.29) is 78.8 Å². The van der Waals surface area contributed by atoms with Crippen molar-refractivity contribution < 1.29 is 47.1 Å². The third-order valence-corrected chi connectivity index (χ3v) is 4.68. The smallest absolute Gasteiger partial charge is 0.236 e. The third-order valence-electron chi connectivity index (χ3n) is 4.68. The first-order chi connectivity index (χ1) is 16.7. The molecule has 0 saturated heterocycles. The fourth-order valence-corrected chi connectivity index (χ4v) is 2.53. The van der Waals surface area contributed by atoms with E-state index in [1.165, 1.54) is 14.0 Å². The summed E-state index contributed by atoms with van der Waals surface area (Å²) in [5.41, 5.74) is 28.3. The maximum Gasteiger partial charge on any atom is 0.236 e. The van der Waals surface area contributed by atoms with E-state index in [2.05, 4.69) is 26.6 Å². The van der Waals surface area contributed by atoms with E-state index in [0.29, 0.717) is 26.1 Å². The zero-order valence-corrected chi connectivity index (χ0v) is 25.7. The molecule has 1 radical (unpaired) electrons. The average Bonchev–Trinajstić information content (AvgIpc) is 2.87. The van der Waals surface area contributed by atoms with Gasteiger partial charge in [-0.1, -0.05) is 35.2 Å². The number of amides is 3. The van der Waals surface area contributed by atoms with Crippen LogP contribution < -0.4 is 49.5 Å². The van der Waals surface area contributed by atoms with Crippen molar-refractivity contribution in [3.8, 4) is 0 Å². The van der Waals surface area contributed by atoms with Crippen LogP contribution in [-0.2, 0) is 47.1 Å². The van der Waals surface area contributed by atoms with E-state index in [1.807, 2.05) is 0 Å². The average molecular weight is 643 g/mol. The van der Waals surface area contributed by atoms with Crippen LogP contribution in [0.25, 0.3) is 5.73 Å². The monoisotopic (exact) mass is 642 g/mol. The molecule has 237 valence electrons. The molecule has 0 fully saturated rings. The quantitative estimate of drug-likeness (QED) is 0.0940. The predicted octanol–water partition coefficient (Wildman–Crippen LogP) is -0.365. The van der Waals surface area contributed by atoms with E-state index in [1.54, 1.807) is 14.1 Å². The molecule has 3 atom stereocenters. The summed E-state index contributed by atoms with van der Waals surface area (Å²) in [4.78, 5) is 32.6. The Bertz CT molecular complexity index is 518. The van der Waals surface area contributed by atoms with Crippen LogP contribution in [0.4, 0.5) is 0 Å². The Hall–Kier alpha value is -0.766. The Balaban J connectivity index is -0.0000000837. The molecule has 3 unspecified atom stereocenters. The van der Waals surface area contributed by atoms with E-state index in [9.17, 15) is 14.4 Å². The number of nitrogens with one attached hydrogen (secondary N) is 6. The summed E-state index contributed by atoms with van der Waals surface area (Å²) in [5, 5.41) is 14.0. The van der Waals surface area contributed by atoms with Crippen molar-refractivity contribution in [2.45, 2.75) is 85.9 Å². The van der Waals surface area contributed by atoms with Crippen LogP contribution in [0.3, 0.4) is 0 Å². The maximum absolute atomic E-state index is 11.6. The molecule has 0 spiro atoms. The Morgan fingerprint density at radius 2 is 1.13 bits per heavy atom. The number of carbonyl (C=O) groups is 3. The summed E-state index contributed by atoms with van der Waals surface area (Å²) in [5.74, 6) is -0.303. The van der Waals surface area contributed by atoms with Gasteiger partial charge in [0, 0.05) is 53.9 Å². The van der Waals surface area contributed by atoms with Crippen LogP contribution >= 0.6 is 0 Å². The van der Waals surface area contributed by atoms with Crippen molar-refractivity contribution in [1.29, 1.82) is 0 Å². The van der Waals surface area contributed by atoms with E-state index >= 15 is 0 Å². The molecule has 0 aliphatic carbocycles. The van der Waals surface area contributed by atoms with Crippen LogP contribution in [-0.4, -0.2) is 96.3 Å². The van der Waals surface area contributed by atoms with Gasteiger partial charge in [-0.2, -0.15) is 0 Å². The van der Waals surface area contributed by atoms with Gasteiger partial charge in [-0.15, -0.1) is 0 Å². The molecule has 0 saturated carbocycles. The molecule has 0 rings (SSSR count). The van der Waals surface area contributed by atoms with Crippen molar-refractivity contribution in [2.75, 3.05) is 60.4 Å². The number of hydrogen-bond acceptors (Lipinski definition) is 9. The van der Waals surface area contributed by atoms with Crippen LogP contribution in [0.1, 0.15) is 67.7 Å². The normalized spacial score (nSPS) is 11.3. The number of likely N-dealkylation sites (N-methyl/N-ethyl adjacent to an activating group) is 3. The third kappa shape index (κ3) is 39.4. The molecule has 39 heavy (non-hydrogen) atoms. The Labute approximate surface area is 265 Å². The summed E-state index contributed by atoms with van der Waals surface area (Å²) < 4.78 is 0. The molecule has 0 aromatic heterocycles. The summed E-state index contributed by atoms with van der Waals surface area (Å²) in [6.45, 7) is 6.13. The molecule has 0 aromatic rings. The van der Waals surface area contributed by atoms with Crippen molar-refractivity contribution >= 4 is 17.7 Å². The van der Waals surface area contributed by atoms with E-state index in [4.69, 9.17) is 28.7 Å².